The fraction of sp³-hybridized carbons (Fsp3) is 0.0930. The number of aromatic nitrogens is 2. The fourth-order valence-electron chi connectivity index (χ4n) is 7.55. The van der Waals surface area contributed by atoms with Crippen LogP contribution in [0.3, 0.4) is 0 Å². The van der Waals surface area contributed by atoms with E-state index >= 15 is 4.79 Å². The molecule has 0 amide bonds. The van der Waals surface area contributed by atoms with E-state index in [1.807, 2.05) is 97.1 Å². The van der Waals surface area contributed by atoms with Gasteiger partial charge in [0.2, 0.25) is 0 Å². The molecule has 0 fully saturated rings. The van der Waals surface area contributed by atoms with Crippen molar-refractivity contribution in [3.8, 4) is 34.4 Å². The van der Waals surface area contributed by atoms with Crippen LogP contribution < -0.4 is 24.4 Å². The van der Waals surface area contributed by atoms with Crippen LogP contribution in [0.2, 0.25) is 0 Å². The van der Waals surface area contributed by atoms with Gasteiger partial charge in [-0.1, -0.05) is 36.4 Å². The summed E-state index contributed by atoms with van der Waals surface area (Å²) in [6.07, 6.45) is 0. The molecule has 0 spiro atoms. The number of ether oxygens (including phenoxy) is 4. The molecule has 0 saturated heterocycles. The summed E-state index contributed by atoms with van der Waals surface area (Å²) in [6.45, 7) is 0. The lowest BCUT2D eigenvalue weighted by Crippen LogP contribution is -2.08. The Morgan fingerprint density at radius 2 is 0.720 bits per heavy atom. The quantitative estimate of drug-likeness (QED) is 0.178. The molecule has 2 heterocycles. The van der Waals surface area contributed by atoms with Crippen LogP contribution in [0.15, 0.2) is 126 Å². The fourth-order valence-corrected chi connectivity index (χ4v) is 7.55. The predicted molar refractivity (Wildman–Crippen MR) is 203 cm³/mol. The van der Waals surface area contributed by atoms with Gasteiger partial charge in [-0.25, -0.2) is 0 Å². The van der Waals surface area contributed by atoms with Crippen LogP contribution in [0.25, 0.3) is 76.5 Å². The largest absolute Gasteiger partial charge is 0.497 e. The Morgan fingerprint density at radius 3 is 1.02 bits per heavy atom. The lowest BCUT2D eigenvalue weighted by molar-refractivity contribution is 0.415. The van der Waals surface area contributed by atoms with Gasteiger partial charge < -0.3 is 28.1 Å². The van der Waals surface area contributed by atoms with Gasteiger partial charge in [0.05, 0.1) is 72.7 Å². The molecule has 2 aromatic heterocycles. The molecule has 0 bridgehead atoms. The van der Waals surface area contributed by atoms with E-state index in [2.05, 4.69) is 33.4 Å². The van der Waals surface area contributed by atoms with Crippen molar-refractivity contribution in [2.24, 2.45) is 0 Å². The first-order valence-corrected chi connectivity index (χ1v) is 16.3. The summed E-state index contributed by atoms with van der Waals surface area (Å²) in [5.74, 6) is 3.02. The second-order valence-corrected chi connectivity index (χ2v) is 12.3. The summed E-state index contributed by atoms with van der Waals surface area (Å²) < 4.78 is 26.8. The molecule has 0 aliphatic heterocycles. The van der Waals surface area contributed by atoms with E-state index in [4.69, 9.17) is 18.9 Å². The molecule has 7 nitrogen and oxygen atoms in total. The first-order valence-electron chi connectivity index (χ1n) is 16.3. The minimum absolute atomic E-state index is 0.0553. The molecule has 0 atom stereocenters. The minimum Gasteiger partial charge on any atom is -0.497 e. The van der Waals surface area contributed by atoms with E-state index < -0.39 is 0 Å². The van der Waals surface area contributed by atoms with Crippen LogP contribution >= 0.6 is 0 Å². The highest BCUT2D eigenvalue weighted by molar-refractivity contribution is 6.14. The molecule has 50 heavy (non-hydrogen) atoms. The van der Waals surface area contributed by atoms with Crippen LogP contribution in [0.5, 0.6) is 23.0 Å². The van der Waals surface area contributed by atoms with Gasteiger partial charge in [-0.2, -0.15) is 0 Å². The van der Waals surface area contributed by atoms with Gasteiger partial charge in [0.15, 0.2) is 5.43 Å². The zero-order chi connectivity index (χ0) is 34.1. The van der Waals surface area contributed by atoms with Crippen LogP contribution in [-0.2, 0) is 0 Å². The minimum atomic E-state index is -0.0553. The molecule has 0 aliphatic carbocycles. The Balaban J connectivity index is 1.42. The van der Waals surface area contributed by atoms with E-state index in [9.17, 15) is 0 Å². The van der Waals surface area contributed by atoms with Crippen molar-refractivity contribution in [3.05, 3.63) is 132 Å². The molecule has 0 radical (unpaired) electrons. The Kier molecular flexibility index (Phi) is 6.71. The van der Waals surface area contributed by atoms with Crippen LogP contribution in [0.4, 0.5) is 0 Å². The van der Waals surface area contributed by atoms with Crippen molar-refractivity contribution in [2.45, 2.75) is 0 Å². The maximum absolute atomic E-state index is 15.4. The number of nitrogens with zero attached hydrogens (tertiary/aromatic N) is 2. The molecule has 0 saturated carbocycles. The maximum atomic E-state index is 15.4. The standard InChI is InChI=1S/C43H32N2O5/c1-47-27-13-17-35-31(21-27)32-22-28(48-2)14-18-36(32)44(35)39-9-5-7-25-11-12-26-8-6-10-40(42(26)43(46)41(25)39)45-37-19-15-29(49-3)23-33(37)34-24-30(50-4)16-20-38(34)45/h5-24H,1-4H3. The second kappa shape index (κ2) is 11.3. The van der Waals surface area contributed by atoms with Crippen molar-refractivity contribution in [1.82, 2.24) is 9.13 Å². The summed E-state index contributed by atoms with van der Waals surface area (Å²) in [7, 11) is 6.68. The predicted octanol–water partition coefficient (Wildman–Crippen LogP) is 9.58. The third kappa shape index (κ3) is 4.26. The SMILES string of the molecule is COc1ccc2c(c1)c1cc(OC)ccc1n2-c1cccc2ccc3cccc(-n4c5ccc(OC)cc5c5cc(OC)ccc54)c3c(=O)c12. The van der Waals surface area contributed by atoms with Gasteiger partial charge in [-0.3, -0.25) is 4.79 Å². The van der Waals surface area contributed by atoms with Crippen molar-refractivity contribution in [1.29, 1.82) is 0 Å². The van der Waals surface area contributed by atoms with Gasteiger partial charge in [0.25, 0.3) is 0 Å². The molecule has 7 aromatic carbocycles. The Bertz CT molecular complexity index is 2580. The smallest absolute Gasteiger partial charge is 0.198 e. The number of methoxy groups -OCH3 is 4. The normalized spacial score (nSPS) is 11.7. The molecule has 9 aromatic rings. The number of hydrogen-bond acceptors (Lipinski definition) is 5. The molecule has 0 unspecified atom stereocenters. The number of rotatable bonds is 6. The third-order valence-electron chi connectivity index (χ3n) is 9.89. The maximum Gasteiger partial charge on any atom is 0.198 e. The first-order chi connectivity index (χ1) is 24.5. The highest BCUT2D eigenvalue weighted by atomic mass is 16.5. The van der Waals surface area contributed by atoms with Gasteiger partial charge >= 0.3 is 0 Å². The van der Waals surface area contributed by atoms with Crippen molar-refractivity contribution in [2.75, 3.05) is 28.4 Å². The third-order valence-corrected chi connectivity index (χ3v) is 9.89. The van der Waals surface area contributed by atoms with Crippen molar-refractivity contribution in [3.63, 3.8) is 0 Å². The van der Waals surface area contributed by atoms with Gasteiger partial charge in [-0.05, 0) is 95.7 Å². The van der Waals surface area contributed by atoms with Crippen LogP contribution in [0.1, 0.15) is 0 Å². The molecular weight excluding hydrogens is 624 g/mol. The first kappa shape index (κ1) is 29.7. The number of benzene rings is 6. The Hall–Kier alpha value is -6.47. The highest BCUT2D eigenvalue weighted by Crippen LogP contribution is 2.40. The van der Waals surface area contributed by atoms with Gasteiger partial charge in [-0.15, -0.1) is 0 Å². The summed E-state index contributed by atoms with van der Waals surface area (Å²) in [5.41, 5.74) is 5.38. The van der Waals surface area contributed by atoms with E-state index in [-0.39, 0.29) is 5.43 Å². The summed E-state index contributed by atoms with van der Waals surface area (Å²) in [6, 6.07) is 40.4. The molecule has 244 valence electrons. The van der Waals surface area contributed by atoms with E-state index in [1.54, 1.807) is 28.4 Å². The average Bonchev–Trinajstić information content (AvgIpc) is 3.61. The monoisotopic (exact) mass is 656 g/mol. The van der Waals surface area contributed by atoms with Gasteiger partial charge in [0, 0.05) is 21.5 Å². The Labute approximate surface area is 287 Å². The average molecular weight is 657 g/mol. The van der Waals surface area contributed by atoms with Crippen molar-refractivity contribution >= 4 is 65.2 Å². The number of fused-ring (bicyclic) bond motifs is 8. The molecule has 0 N–H and O–H groups in total. The van der Waals surface area contributed by atoms with Crippen LogP contribution in [0, 0.1) is 0 Å². The van der Waals surface area contributed by atoms with E-state index in [0.29, 0.717) is 10.8 Å². The van der Waals surface area contributed by atoms with E-state index in [0.717, 1.165) is 88.8 Å². The zero-order valence-electron chi connectivity index (χ0n) is 28.0. The summed E-state index contributed by atoms with van der Waals surface area (Å²) in [5, 5.41) is 6.98. The Morgan fingerprint density at radius 1 is 0.400 bits per heavy atom. The lowest BCUT2D eigenvalue weighted by Gasteiger charge is -2.12. The zero-order valence-corrected chi connectivity index (χ0v) is 28.0. The van der Waals surface area contributed by atoms with E-state index in [1.165, 1.54) is 0 Å². The van der Waals surface area contributed by atoms with Crippen molar-refractivity contribution < 1.29 is 18.9 Å². The number of hydrogen-bond donors (Lipinski definition) is 0. The lowest BCUT2D eigenvalue weighted by atomic mass is 10.1. The molecule has 0 aliphatic rings. The second-order valence-electron chi connectivity index (χ2n) is 12.3. The molecule has 7 heteroatoms. The summed E-state index contributed by atoms with van der Waals surface area (Å²) in [4.78, 5) is 15.4. The molecular formula is C43H32N2O5. The summed E-state index contributed by atoms with van der Waals surface area (Å²) >= 11 is 0. The topological polar surface area (TPSA) is 63.9 Å². The molecule has 9 rings (SSSR count). The highest BCUT2D eigenvalue weighted by Gasteiger charge is 2.20. The van der Waals surface area contributed by atoms with Gasteiger partial charge in [0.1, 0.15) is 23.0 Å². The van der Waals surface area contributed by atoms with Crippen LogP contribution in [-0.4, -0.2) is 37.6 Å².